The quantitative estimate of drug-likeness (QED) is 0.860. The summed E-state index contributed by atoms with van der Waals surface area (Å²) in [5, 5.41) is 9.44. The molecule has 0 saturated carbocycles. The molecule has 20 heavy (non-hydrogen) atoms. The smallest absolute Gasteiger partial charge is 0.408 e. The number of hydrogen-bond acceptors (Lipinski definition) is 1. The van der Waals surface area contributed by atoms with Crippen LogP contribution in [-0.4, -0.2) is 21.6 Å². The zero-order valence-electron chi connectivity index (χ0n) is 13.7. The molecule has 0 radical (unpaired) electrons. The fraction of sp³-hybridized carbons (Fsp3) is 0.588. The second kappa shape index (κ2) is 5.47. The van der Waals surface area contributed by atoms with Crippen molar-refractivity contribution in [3.05, 3.63) is 34.9 Å². The van der Waals surface area contributed by atoms with Crippen LogP contribution in [0.1, 0.15) is 58.2 Å². The van der Waals surface area contributed by atoms with Crippen LogP contribution in [-0.2, 0) is 12.0 Å². The minimum Gasteiger partial charge on any atom is -0.465 e. The predicted molar refractivity (Wildman–Crippen MR) is 83.2 cm³/mol. The molecule has 112 valence electrons. The molecule has 0 unspecified atom stereocenters. The lowest BCUT2D eigenvalue weighted by molar-refractivity contribution is 0.0952. The van der Waals surface area contributed by atoms with E-state index < -0.39 is 11.6 Å². The van der Waals surface area contributed by atoms with Gasteiger partial charge in [-0.05, 0) is 44.2 Å². The third kappa shape index (κ3) is 3.99. The monoisotopic (exact) mass is 277 g/mol. The van der Waals surface area contributed by atoms with E-state index in [2.05, 4.69) is 39.8 Å². The van der Waals surface area contributed by atoms with Gasteiger partial charge in [0.1, 0.15) is 0 Å². The van der Waals surface area contributed by atoms with Gasteiger partial charge in [0.15, 0.2) is 0 Å². The number of hydrogen-bond donors (Lipinski definition) is 1. The standard InChI is InChI=1S/C17H27NO2/c1-12-8-9-13(14(10-12)16(2,3)4)11-18(15(19)20)17(5,6)7/h8-10H,11H2,1-7H3,(H,19,20). The highest BCUT2D eigenvalue weighted by molar-refractivity contribution is 5.66. The van der Waals surface area contributed by atoms with Crippen LogP contribution in [0.2, 0.25) is 0 Å². The maximum absolute atomic E-state index is 11.5. The SMILES string of the molecule is Cc1ccc(CN(C(=O)O)C(C)(C)C)c(C(C)(C)C)c1. The van der Waals surface area contributed by atoms with Crippen molar-refractivity contribution in [2.24, 2.45) is 0 Å². The van der Waals surface area contributed by atoms with Gasteiger partial charge in [-0.25, -0.2) is 4.79 Å². The Labute approximate surface area is 122 Å². The molecule has 0 bridgehead atoms. The highest BCUT2D eigenvalue weighted by Gasteiger charge is 2.28. The first-order valence-electron chi connectivity index (χ1n) is 7.03. The summed E-state index contributed by atoms with van der Waals surface area (Å²) in [5.41, 5.74) is 3.10. The van der Waals surface area contributed by atoms with Crippen LogP contribution in [0.4, 0.5) is 4.79 Å². The summed E-state index contributed by atoms with van der Waals surface area (Å²) in [7, 11) is 0. The number of carbonyl (C=O) groups is 1. The van der Waals surface area contributed by atoms with Gasteiger partial charge in [-0.15, -0.1) is 0 Å². The second-order valence-corrected chi connectivity index (χ2v) is 7.45. The zero-order valence-corrected chi connectivity index (χ0v) is 13.7. The molecule has 1 aromatic carbocycles. The molecule has 1 rings (SSSR count). The molecule has 0 aliphatic heterocycles. The van der Waals surface area contributed by atoms with Gasteiger partial charge in [-0.1, -0.05) is 44.5 Å². The van der Waals surface area contributed by atoms with Crippen LogP contribution in [0.15, 0.2) is 18.2 Å². The maximum atomic E-state index is 11.5. The molecule has 0 heterocycles. The summed E-state index contributed by atoms with van der Waals surface area (Å²) in [5.74, 6) is 0. The van der Waals surface area contributed by atoms with E-state index in [4.69, 9.17) is 0 Å². The van der Waals surface area contributed by atoms with Crippen LogP contribution in [0.5, 0.6) is 0 Å². The fourth-order valence-corrected chi connectivity index (χ4v) is 2.29. The Balaban J connectivity index is 3.24. The Kier molecular flexibility index (Phi) is 4.52. The van der Waals surface area contributed by atoms with E-state index in [-0.39, 0.29) is 5.41 Å². The van der Waals surface area contributed by atoms with Crippen molar-refractivity contribution in [3.8, 4) is 0 Å². The molecule has 0 aliphatic rings. The lowest BCUT2D eigenvalue weighted by atomic mass is 9.82. The molecule has 3 heteroatoms. The van der Waals surface area contributed by atoms with Crippen LogP contribution >= 0.6 is 0 Å². The van der Waals surface area contributed by atoms with Crippen molar-refractivity contribution in [1.29, 1.82) is 0 Å². The van der Waals surface area contributed by atoms with Gasteiger partial charge in [-0.2, -0.15) is 0 Å². The largest absolute Gasteiger partial charge is 0.465 e. The predicted octanol–water partition coefficient (Wildman–Crippen LogP) is 4.57. The molecule has 0 spiro atoms. The van der Waals surface area contributed by atoms with Crippen molar-refractivity contribution in [1.82, 2.24) is 4.90 Å². The lowest BCUT2D eigenvalue weighted by Gasteiger charge is -2.35. The first-order valence-corrected chi connectivity index (χ1v) is 7.03. The topological polar surface area (TPSA) is 40.5 Å². The second-order valence-electron chi connectivity index (χ2n) is 7.45. The summed E-state index contributed by atoms with van der Waals surface area (Å²) < 4.78 is 0. The number of rotatable bonds is 2. The van der Waals surface area contributed by atoms with E-state index in [1.54, 1.807) is 0 Å². The summed E-state index contributed by atoms with van der Waals surface area (Å²) in [6.07, 6.45) is -0.877. The molecule has 1 aromatic rings. The van der Waals surface area contributed by atoms with E-state index in [1.165, 1.54) is 16.0 Å². The Morgan fingerprint density at radius 1 is 1.15 bits per heavy atom. The number of nitrogens with zero attached hydrogens (tertiary/aromatic N) is 1. The highest BCUT2D eigenvalue weighted by atomic mass is 16.4. The average Bonchev–Trinajstić information content (AvgIpc) is 2.23. The van der Waals surface area contributed by atoms with E-state index in [1.807, 2.05) is 26.8 Å². The average molecular weight is 277 g/mol. The van der Waals surface area contributed by atoms with Crippen LogP contribution < -0.4 is 0 Å². The van der Waals surface area contributed by atoms with Gasteiger partial charge < -0.3 is 5.11 Å². The minimum atomic E-state index is -0.877. The van der Waals surface area contributed by atoms with Crippen LogP contribution in [0.25, 0.3) is 0 Å². The summed E-state index contributed by atoms with van der Waals surface area (Å²) in [4.78, 5) is 13.0. The maximum Gasteiger partial charge on any atom is 0.408 e. The minimum absolute atomic E-state index is 0.00338. The van der Waals surface area contributed by atoms with Crippen molar-refractivity contribution in [2.75, 3.05) is 0 Å². The molecule has 0 aromatic heterocycles. The van der Waals surface area contributed by atoms with Gasteiger partial charge >= 0.3 is 6.09 Å². The van der Waals surface area contributed by atoms with E-state index in [0.717, 1.165) is 5.56 Å². The number of amides is 1. The highest BCUT2D eigenvalue weighted by Crippen LogP contribution is 2.29. The molecule has 0 atom stereocenters. The zero-order chi connectivity index (χ0) is 15.7. The summed E-state index contributed by atoms with van der Waals surface area (Å²) >= 11 is 0. The molecule has 0 fully saturated rings. The van der Waals surface area contributed by atoms with Gasteiger partial charge in [0, 0.05) is 12.1 Å². The van der Waals surface area contributed by atoms with Gasteiger partial charge in [0.2, 0.25) is 0 Å². The van der Waals surface area contributed by atoms with Gasteiger partial charge in [-0.3, -0.25) is 4.90 Å². The van der Waals surface area contributed by atoms with E-state index >= 15 is 0 Å². The molecular weight excluding hydrogens is 250 g/mol. The fourth-order valence-electron chi connectivity index (χ4n) is 2.29. The number of aryl methyl sites for hydroxylation is 1. The van der Waals surface area contributed by atoms with Crippen LogP contribution in [0, 0.1) is 6.92 Å². The third-order valence-electron chi connectivity index (χ3n) is 3.44. The number of benzene rings is 1. The summed E-state index contributed by atoms with van der Waals surface area (Å²) in [6, 6.07) is 6.27. The van der Waals surface area contributed by atoms with Gasteiger partial charge in [0.05, 0.1) is 0 Å². The molecule has 1 amide bonds. The lowest BCUT2D eigenvalue weighted by Crippen LogP contribution is -2.44. The van der Waals surface area contributed by atoms with E-state index in [0.29, 0.717) is 6.54 Å². The van der Waals surface area contributed by atoms with E-state index in [9.17, 15) is 9.90 Å². The molecular formula is C17H27NO2. The van der Waals surface area contributed by atoms with Crippen molar-refractivity contribution >= 4 is 6.09 Å². The molecule has 0 aliphatic carbocycles. The summed E-state index contributed by atoms with van der Waals surface area (Å²) in [6.45, 7) is 14.7. The molecule has 0 saturated heterocycles. The first-order chi connectivity index (χ1) is 8.93. The Hall–Kier alpha value is -1.51. The Morgan fingerprint density at radius 2 is 1.70 bits per heavy atom. The molecule has 3 nitrogen and oxygen atoms in total. The molecule has 1 N–H and O–H groups in total. The van der Waals surface area contributed by atoms with Crippen LogP contribution in [0.3, 0.4) is 0 Å². The third-order valence-corrected chi connectivity index (χ3v) is 3.44. The van der Waals surface area contributed by atoms with Gasteiger partial charge in [0.25, 0.3) is 0 Å². The van der Waals surface area contributed by atoms with Crippen molar-refractivity contribution in [3.63, 3.8) is 0 Å². The normalized spacial score (nSPS) is 12.3. The van der Waals surface area contributed by atoms with Crippen molar-refractivity contribution in [2.45, 2.75) is 66.0 Å². The Bertz CT molecular complexity index is 493. The number of carboxylic acid groups (broad SMARTS) is 1. The Morgan fingerprint density at radius 3 is 2.10 bits per heavy atom. The van der Waals surface area contributed by atoms with Crippen molar-refractivity contribution < 1.29 is 9.90 Å². The first kappa shape index (κ1) is 16.5.